The van der Waals surface area contributed by atoms with Gasteiger partial charge in [-0.3, -0.25) is 4.79 Å². The SMILES string of the molecule is CCCC1CCCCN1S(=O)(=O)c1ccc(NC(=O)c2ccc(OC)c(I)c2)cc1. The second-order valence-electron chi connectivity index (χ2n) is 7.38. The number of halogens is 1. The Morgan fingerprint density at radius 2 is 1.93 bits per heavy atom. The molecule has 1 heterocycles. The standard InChI is InChI=1S/C22H27IN2O4S/c1-3-6-18-7-4-5-14-25(18)30(27,28)19-11-9-17(10-12-19)24-22(26)16-8-13-21(29-2)20(23)15-16/h8-13,15,18H,3-7,14H2,1-2H3,(H,24,26). The van der Waals surface area contributed by atoms with E-state index in [1.54, 1.807) is 53.9 Å². The summed E-state index contributed by atoms with van der Waals surface area (Å²) in [5, 5.41) is 2.82. The van der Waals surface area contributed by atoms with Crippen molar-refractivity contribution >= 4 is 44.2 Å². The van der Waals surface area contributed by atoms with E-state index in [1.165, 1.54) is 0 Å². The van der Waals surface area contributed by atoms with Crippen molar-refractivity contribution in [3.63, 3.8) is 0 Å². The van der Waals surface area contributed by atoms with Gasteiger partial charge in [-0.15, -0.1) is 0 Å². The molecule has 0 saturated carbocycles. The van der Waals surface area contributed by atoms with E-state index < -0.39 is 10.0 Å². The molecule has 0 bridgehead atoms. The number of sulfonamides is 1. The summed E-state index contributed by atoms with van der Waals surface area (Å²) >= 11 is 2.12. The molecule has 1 fully saturated rings. The topological polar surface area (TPSA) is 75.7 Å². The molecule has 1 aliphatic heterocycles. The molecule has 8 heteroatoms. The predicted molar refractivity (Wildman–Crippen MR) is 127 cm³/mol. The number of ether oxygens (including phenoxy) is 1. The first-order valence-electron chi connectivity index (χ1n) is 10.1. The maximum absolute atomic E-state index is 13.2. The minimum absolute atomic E-state index is 0.0747. The minimum Gasteiger partial charge on any atom is -0.496 e. The van der Waals surface area contributed by atoms with Crippen LogP contribution in [-0.2, 0) is 10.0 Å². The molecule has 1 unspecified atom stereocenters. The predicted octanol–water partition coefficient (Wildman–Crippen LogP) is 4.90. The van der Waals surface area contributed by atoms with Crippen molar-refractivity contribution in [2.24, 2.45) is 0 Å². The Bertz CT molecular complexity index is 991. The van der Waals surface area contributed by atoms with Gasteiger partial charge in [0.05, 0.1) is 15.6 Å². The van der Waals surface area contributed by atoms with E-state index in [1.807, 2.05) is 0 Å². The average molecular weight is 542 g/mol. The van der Waals surface area contributed by atoms with Crippen LogP contribution in [-0.4, -0.2) is 38.3 Å². The number of piperidine rings is 1. The molecular formula is C22H27IN2O4S. The number of carbonyl (C=O) groups is 1. The van der Waals surface area contributed by atoms with Gasteiger partial charge in [0.15, 0.2) is 0 Å². The van der Waals surface area contributed by atoms with Crippen molar-refractivity contribution in [3.8, 4) is 5.75 Å². The van der Waals surface area contributed by atoms with Gasteiger partial charge >= 0.3 is 0 Å². The number of carbonyl (C=O) groups excluding carboxylic acids is 1. The Hall–Kier alpha value is -1.65. The third kappa shape index (κ3) is 5.15. The van der Waals surface area contributed by atoms with Crippen LogP contribution in [0.4, 0.5) is 5.69 Å². The quantitative estimate of drug-likeness (QED) is 0.506. The molecule has 2 aromatic carbocycles. The van der Waals surface area contributed by atoms with Crippen molar-refractivity contribution in [2.75, 3.05) is 19.0 Å². The highest BCUT2D eigenvalue weighted by Crippen LogP contribution is 2.28. The van der Waals surface area contributed by atoms with E-state index in [-0.39, 0.29) is 16.8 Å². The Morgan fingerprint density at radius 3 is 2.57 bits per heavy atom. The largest absolute Gasteiger partial charge is 0.496 e. The van der Waals surface area contributed by atoms with Crippen molar-refractivity contribution in [3.05, 3.63) is 51.6 Å². The molecule has 0 radical (unpaired) electrons. The van der Waals surface area contributed by atoms with E-state index in [0.29, 0.717) is 23.5 Å². The lowest BCUT2D eigenvalue weighted by Crippen LogP contribution is -2.43. The number of benzene rings is 2. The summed E-state index contributed by atoms with van der Waals surface area (Å²) in [4.78, 5) is 12.8. The van der Waals surface area contributed by atoms with Crippen molar-refractivity contribution < 1.29 is 17.9 Å². The van der Waals surface area contributed by atoms with Crippen LogP contribution in [0.5, 0.6) is 5.75 Å². The monoisotopic (exact) mass is 542 g/mol. The summed E-state index contributed by atoms with van der Waals surface area (Å²) in [5.74, 6) is 0.450. The maximum atomic E-state index is 13.2. The summed E-state index contributed by atoms with van der Waals surface area (Å²) in [7, 11) is -1.95. The van der Waals surface area contributed by atoms with Gasteiger partial charge in [0.25, 0.3) is 5.91 Å². The van der Waals surface area contributed by atoms with Gasteiger partial charge in [-0.2, -0.15) is 4.31 Å². The number of hydrogen-bond donors (Lipinski definition) is 1. The van der Waals surface area contributed by atoms with E-state index >= 15 is 0 Å². The number of nitrogens with zero attached hydrogens (tertiary/aromatic N) is 1. The van der Waals surface area contributed by atoms with Crippen LogP contribution in [0.1, 0.15) is 49.4 Å². The van der Waals surface area contributed by atoms with E-state index in [4.69, 9.17) is 4.74 Å². The molecule has 6 nitrogen and oxygen atoms in total. The number of nitrogens with one attached hydrogen (secondary N) is 1. The first kappa shape index (κ1) is 23.0. The molecule has 30 heavy (non-hydrogen) atoms. The van der Waals surface area contributed by atoms with Crippen LogP contribution < -0.4 is 10.1 Å². The number of amides is 1. The average Bonchev–Trinajstić information content (AvgIpc) is 2.74. The van der Waals surface area contributed by atoms with Gasteiger partial charge in [0, 0.05) is 23.8 Å². The number of methoxy groups -OCH3 is 1. The molecule has 1 atom stereocenters. The molecule has 0 spiro atoms. The van der Waals surface area contributed by atoms with Gasteiger partial charge in [-0.1, -0.05) is 19.8 Å². The molecule has 1 saturated heterocycles. The van der Waals surface area contributed by atoms with E-state index in [2.05, 4.69) is 34.8 Å². The van der Waals surface area contributed by atoms with Crippen molar-refractivity contribution in [1.82, 2.24) is 4.31 Å². The normalized spacial score (nSPS) is 17.5. The zero-order valence-corrected chi connectivity index (χ0v) is 20.2. The lowest BCUT2D eigenvalue weighted by molar-refractivity contribution is 0.102. The zero-order chi connectivity index (χ0) is 21.7. The fraction of sp³-hybridized carbons (Fsp3) is 0.409. The zero-order valence-electron chi connectivity index (χ0n) is 17.2. The summed E-state index contributed by atoms with van der Waals surface area (Å²) in [6.45, 7) is 2.66. The highest BCUT2D eigenvalue weighted by Gasteiger charge is 2.32. The molecular weight excluding hydrogens is 515 g/mol. The fourth-order valence-electron chi connectivity index (χ4n) is 3.77. The van der Waals surface area contributed by atoms with Crippen LogP contribution in [0.3, 0.4) is 0 Å². The Morgan fingerprint density at radius 1 is 1.20 bits per heavy atom. The first-order chi connectivity index (χ1) is 14.4. The van der Waals surface area contributed by atoms with Gasteiger partial charge in [0.1, 0.15) is 5.75 Å². The molecule has 0 aromatic heterocycles. The number of rotatable bonds is 7. The van der Waals surface area contributed by atoms with Gasteiger partial charge in [-0.05, 0) is 84.3 Å². The molecule has 2 aromatic rings. The van der Waals surface area contributed by atoms with E-state index in [9.17, 15) is 13.2 Å². The fourth-order valence-corrected chi connectivity index (χ4v) is 6.23. The molecule has 1 amide bonds. The Labute approximate surface area is 192 Å². The first-order valence-corrected chi connectivity index (χ1v) is 12.7. The van der Waals surface area contributed by atoms with E-state index in [0.717, 1.165) is 35.7 Å². The second-order valence-corrected chi connectivity index (χ2v) is 10.4. The van der Waals surface area contributed by atoms with Crippen LogP contribution in [0.25, 0.3) is 0 Å². The van der Waals surface area contributed by atoms with Crippen molar-refractivity contribution in [2.45, 2.75) is 50.0 Å². The van der Waals surface area contributed by atoms with Crippen molar-refractivity contribution in [1.29, 1.82) is 0 Å². The van der Waals surface area contributed by atoms with Crippen LogP contribution >= 0.6 is 22.6 Å². The highest BCUT2D eigenvalue weighted by molar-refractivity contribution is 14.1. The maximum Gasteiger partial charge on any atom is 0.255 e. The summed E-state index contributed by atoms with van der Waals surface area (Å²) in [5.41, 5.74) is 1.06. The van der Waals surface area contributed by atoms with Gasteiger partial charge in [0.2, 0.25) is 10.0 Å². The third-order valence-electron chi connectivity index (χ3n) is 5.33. The highest BCUT2D eigenvalue weighted by atomic mass is 127. The number of anilines is 1. The van der Waals surface area contributed by atoms with Crippen LogP contribution in [0.2, 0.25) is 0 Å². The summed E-state index contributed by atoms with van der Waals surface area (Å²) < 4.78 is 34.0. The van der Waals surface area contributed by atoms with Crippen LogP contribution in [0, 0.1) is 3.57 Å². The lowest BCUT2D eigenvalue weighted by atomic mass is 10.0. The van der Waals surface area contributed by atoms with Gasteiger partial charge < -0.3 is 10.1 Å². The Balaban J connectivity index is 1.74. The molecule has 1 N–H and O–H groups in total. The van der Waals surface area contributed by atoms with Gasteiger partial charge in [-0.25, -0.2) is 8.42 Å². The molecule has 0 aliphatic carbocycles. The third-order valence-corrected chi connectivity index (χ3v) is 8.14. The summed E-state index contributed by atoms with van der Waals surface area (Å²) in [6, 6.07) is 11.7. The Kier molecular flexibility index (Phi) is 7.75. The molecule has 1 aliphatic rings. The molecule has 3 rings (SSSR count). The minimum atomic E-state index is -3.54. The smallest absolute Gasteiger partial charge is 0.255 e. The number of hydrogen-bond acceptors (Lipinski definition) is 4. The van der Waals surface area contributed by atoms with Crippen LogP contribution in [0.15, 0.2) is 47.4 Å². The molecule has 162 valence electrons. The second kappa shape index (κ2) is 10.1. The summed E-state index contributed by atoms with van der Waals surface area (Å²) in [6.07, 6.45) is 4.74. The lowest BCUT2D eigenvalue weighted by Gasteiger charge is -2.34.